The van der Waals surface area contributed by atoms with Gasteiger partial charge in [0.05, 0.1) is 29.6 Å². The summed E-state index contributed by atoms with van der Waals surface area (Å²) in [6.07, 6.45) is 7.71. The minimum Gasteiger partial charge on any atom is -0.497 e. The molecule has 0 aliphatic rings. The second-order valence-corrected chi connectivity index (χ2v) is 7.00. The largest absolute Gasteiger partial charge is 0.497 e. The second kappa shape index (κ2) is 8.58. The van der Waals surface area contributed by atoms with Crippen molar-refractivity contribution in [1.29, 1.82) is 0 Å². The van der Waals surface area contributed by atoms with Gasteiger partial charge in [0.1, 0.15) is 5.75 Å². The zero-order valence-electron chi connectivity index (χ0n) is 15.4. The molecular weight excluding hydrogens is 370 g/mol. The van der Waals surface area contributed by atoms with Gasteiger partial charge in [-0.3, -0.25) is 9.97 Å². The molecule has 1 N–H and O–H groups in total. The third-order valence-electron chi connectivity index (χ3n) is 4.21. The summed E-state index contributed by atoms with van der Waals surface area (Å²) in [5.41, 5.74) is 3.68. The Bertz CT molecular complexity index is 1040. The molecule has 140 valence electrons. The molecule has 28 heavy (non-hydrogen) atoms. The maximum Gasteiger partial charge on any atom is 0.223 e. The molecule has 0 spiro atoms. The monoisotopic (exact) mass is 389 g/mol. The van der Waals surface area contributed by atoms with E-state index in [1.807, 2.05) is 35.7 Å². The van der Waals surface area contributed by atoms with Crippen LogP contribution in [0.5, 0.6) is 5.75 Å². The number of hydrogen-bond donors (Lipinski definition) is 1. The highest BCUT2D eigenvalue weighted by molar-refractivity contribution is 7.13. The zero-order valence-corrected chi connectivity index (χ0v) is 16.2. The standard InChI is InChI=1S/C21H19N5OS/c1-27-16-5-2-4-15(12-16)7-8-24-21-25-13-17(18-14-22-9-10-23-18)20(26-21)19-6-3-11-28-19/h2-6,9-14H,7-8H2,1H3,(H,24,25,26). The van der Waals surface area contributed by atoms with Gasteiger partial charge in [0.15, 0.2) is 0 Å². The summed E-state index contributed by atoms with van der Waals surface area (Å²) in [5, 5.41) is 5.35. The third-order valence-corrected chi connectivity index (χ3v) is 5.09. The van der Waals surface area contributed by atoms with Crippen molar-refractivity contribution >= 4 is 17.3 Å². The Hall–Kier alpha value is -3.32. The van der Waals surface area contributed by atoms with Crippen molar-refractivity contribution in [3.8, 4) is 27.6 Å². The molecular formula is C21H19N5OS. The molecule has 4 aromatic rings. The van der Waals surface area contributed by atoms with Crippen LogP contribution in [0.3, 0.4) is 0 Å². The van der Waals surface area contributed by atoms with Gasteiger partial charge in [0, 0.05) is 30.7 Å². The first-order valence-electron chi connectivity index (χ1n) is 8.87. The molecule has 6 nitrogen and oxygen atoms in total. The Kier molecular flexibility index (Phi) is 5.53. The number of rotatable bonds is 7. The van der Waals surface area contributed by atoms with Gasteiger partial charge >= 0.3 is 0 Å². The maximum absolute atomic E-state index is 5.28. The van der Waals surface area contributed by atoms with Crippen molar-refractivity contribution in [3.05, 3.63) is 72.1 Å². The van der Waals surface area contributed by atoms with E-state index in [2.05, 4.69) is 26.3 Å². The predicted octanol–water partition coefficient (Wildman–Crippen LogP) is 4.33. The van der Waals surface area contributed by atoms with Crippen molar-refractivity contribution in [2.24, 2.45) is 0 Å². The molecule has 3 aromatic heterocycles. The fraction of sp³-hybridized carbons (Fsp3) is 0.143. The molecule has 0 bridgehead atoms. The predicted molar refractivity (Wildman–Crippen MR) is 112 cm³/mol. The molecule has 0 atom stereocenters. The van der Waals surface area contributed by atoms with Gasteiger partial charge in [-0.05, 0) is 35.6 Å². The molecule has 0 unspecified atom stereocenters. The summed E-state index contributed by atoms with van der Waals surface area (Å²) < 4.78 is 5.28. The number of thiophene rings is 1. The van der Waals surface area contributed by atoms with E-state index in [0.717, 1.165) is 40.5 Å². The van der Waals surface area contributed by atoms with Crippen LogP contribution in [0.1, 0.15) is 5.56 Å². The molecule has 0 aliphatic heterocycles. The van der Waals surface area contributed by atoms with Crippen molar-refractivity contribution in [2.45, 2.75) is 6.42 Å². The summed E-state index contributed by atoms with van der Waals surface area (Å²) in [4.78, 5) is 18.9. The van der Waals surface area contributed by atoms with Crippen LogP contribution in [0.4, 0.5) is 5.95 Å². The van der Waals surface area contributed by atoms with E-state index in [0.29, 0.717) is 5.95 Å². The lowest BCUT2D eigenvalue weighted by molar-refractivity contribution is 0.414. The SMILES string of the molecule is COc1cccc(CCNc2ncc(-c3cnccn3)c(-c3cccs3)n2)c1. The topological polar surface area (TPSA) is 72.8 Å². The van der Waals surface area contributed by atoms with Crippen molar-refractivity contribution in [2.75, 3.05) is 19.0 Å². The molecule has 0 aliphatic carbocycles. The second-order valence-electron chi connectivity index (χ2n) is 6.05. The molecule has 0 saturated heterocycles. The smallest absolute Gasteiger partial charge is 0.223 e. The van der Waals surface area contributed by atoms with Gasteiger partial charge < -0.3 is 10.1 Å². The minimum absolute atomic E-state index is 0.596. The van der Waals surface area contributed by atoms with Crippen LogP contribution < -0.4 is 10.1 Å². The van der Waals surface area contributed by atoms with Gasteiger partial charge in [-0.1, -0.05) is 18.2 Å². The number of aromatic nitrogens is 4. The number of nitrogens with zero attached hydrogens (tertiary/aromatic N) is 4. The van der Waals surface area contributed by atoms with E-state index < -0.39 is 0 Å². The number of benzene rings is 1. The van der Waals surface area contributed by atoms with E-state index in [1.54, 1.807) is 43.2 Å². The minimum atomic E-state index is 0.596. The van der Waals surface area contributed by atoms with E-state index in [-0.39, 0.29) is 0 Å². The quantitative estimate of drug-likeness (QED) is 0.507. The van der Waals surface area contributed by atoms with Gasteiger partial charge in [0.2, 0.25) is 5.95 Å². The number of hydrogen-bond acceptors (Lipinski definition) is 7. The van der Waals surface area contributed by atoms with Crippen molar-refractivity contribution in [1.82, 2.24) is 19.9 Å². The number of methoxy groups -OCH3 is 1. The zero-order chi connectivity index (χ0) is 19.2. The van der Waals surface area contributed by atoms with E-state index in [4.69, 9.17) is 9.72 Å². The molecule has 4 rings (SSSR count). The molecule has 3 heterocycles. The van der Waals surface area contributed by atoms with E-state index in [1.165, 1.54) is 5.56 Å². The average Bonchev–Trinajstić information content (AvgIpc) is 3.29. The number of ether oxygens (including phenoxy) is 1. The summed E-state index contributed by atoms with van der Waals surface area (Å²) in [7, 11) is 1.68. The molecule has 0 amide bonds. The summed E-state index contributed by atoms with van der Waals surface area (Å²) in [6, 6.07) is 12.1. The van der Waals surface area contributed by atoms with Gasteiger partial charge in [-0.25, -0.2) is 9.97 Å². The van der Waals surface area contributed by atoms with Gasteiger partial charge in [-0.15, -0.1) is 11.3 Å². The average molecular weight is 389 g/mol. The Morgan fingerprint density at radius 2 is 2.04 bits per heavy atom. The van der Waals surface area contributed by atoms with Crippen LogP contribution in [0.15, 0.2) is 66.6 Å². The van der Waals surface area contributed by atoms with Gasteiger partial charge in [0.25, 0.3) is 0 Å². The van der Waals surface area contributed by atoms with Crippen LogP contribution >= 0.6 is 11.3 Å². The van der Waals surface area contributed by atoms with E-state index >= 15 is 0 Å². The molecule has 7 heteroatoms. The number of nitrogens with one attached hydrogen (secondary N) is 1. The normalized spacial score (nSPS) is 10.6. The van der Waals surface area contributed by atoms with Crippen LogP contribution in [0, 0.1) is 0 Å². The van der Waals surface area contributed by atoms with Crippen molar-refractivity contribution in [3.63, 3.8) is 0 Å². The molecule has 0 radical (unpaired) electrons. The summed E-state index contributed by atoms with van der Waals surface area (Å²) in [6.45, 7) is 0.724. The summed E-state index contributed by atoms with van der Waals surface area (Å²) in [5.74, 6) is 1.46. The highest BCUT2D eigenvalue weighted by Crippen LogP contribution is 2.32. The Balaban J connectivity index is 1.54. The summed E-state index contributed by atoms with van der Waals surface area (Å²) >= 11 is 1.64. The fourth-order valence-corrected chi connectivity index (χ4v) is 3.57. The van der Waals surface area contributed by atoms with Gasteiger partial charge in [-0.2, -0.15) is 0 Å². The molecule has 1 aromatic carbocycles. The lowest BCUT2D eigenvalue weighted by atomic mass is 10.1. The van der Waals surface area contributed by atoms with Crippen LogP contribution in [0.25, 0.3) is 21.8 Å². The Morgan fingerprint density at radius 3 is 2.82 bits per heavy atom. The molecule has 0 fully saturated rings. The third kappa shape index (κ3) is 4.15. The van der Waals surface area contributed by atoms with Crippen LogP contribution in [-0.4, -0.2) is 33.6 Å². The first-order valence-corrected chi connectivity index (χ1v) is 9.75. The Morgan fingerprint density at radius 1 is 1.07 bits per heavy atom. The first kappa shape index (κ1) is 18.1. The van der Waals surface area contributed by atoms with Crippen LogP contribution in [0.2, 0.25) is 0 Å². The highest BCUT2D eigenvalue weighted by atomic mass is 32.1. The first-order chi connectivity index (χ1) is 13.8. The lowest BCUT2D eigenvalue weighted by Gasteiger charge is -2.10. The van der Waals surface area contributed by atoms with E-state index in [9.17, 15) is 0 Å². The van der Waals surface area contributed by atoms with Crippen LogP contribution in [-0.2, 0) is 6.42 Å². The molecule has 0 saturated carbocycles. The highest BCUT2D eigenvalue weighted by Gasteiger charge is 2.13. The lowest BCUT2D eigenvalue weighted by Crippen LogP contribution is -2.09. The Labute approximate surface area is 167 Å². The van der Waals surface area contributed by atoms with Crippen molar-refractivity contribution < 1.29 is 4.74 Å². The number of anilines is 1. The fourth-order valence-electron chi connectivity index (χ4n) is 2.84. The maximum atomic E-state index is 5.28.